The molecule has 0 saturated carbocycles. The average Bonchev–Trinajstić information content (AvgIpc) is 2.51. The van der Waals surface area contributed by atoms with Crippen LogP contribution in [0.15, 0.2) is 24.3 Å². The Hall–Kier alpha value is -1.88. The summed E-state index contributed by atoms with van der Waals surface area (Å²) in [6.45, 7) is 3.40. The molecule has 0 aliphatic carbocycles. The van der Waals surface area contributed by atoms with Crippen molar-refractivity contribution in [3.63, 3.8) is 0 Å². The molecule has 124 valence electrons. The Balaban J connectivity index is 1.66. The van der Waals surface area contributed by atoms with Gasteiger partial charge < -0.3 is 15.3 Å². The van der Waals surface area contributed by atoms with Crippen LogP contribution in [0, 0.1) is 11.8 Å². The molecule has 2 fully saturated rings. The van der Waals surface area contributed by atoms with Gasteiger partial charge in [-0.25, -0.2) is 4.79 Å². The summed E-state index contributed by atoms with van der Waals surface area (Å²) in [7, 11) is 0. The van der Waals surface area contributed by atoms with Crippen molar-refractivity contribution in [3.8, 4) is 0 Å². The lowest BCUT2D eigenvalue weighted by Gasteiger charge is -2.39. The van der Waals surface area contributed by atoms with Gasteiger partial charge in [-0.05, 0) is 56.0 Å². The fourth-order valence-electron chi connectivity index (χ4n) is 3.70. The zero-order valence-corrected chi connectivity index (χ0v) is 13.3. The van der Waals surface area contributed by atoms with E-state index >= 15 is 0 Å². The molecule has 0 radical (unpaired) electrons. The van der Waals surface area contributed by atoms with Crippen LogP contribution in [0.5, 0.6) is 0 Å². The maximum absolute atomic E-state index is 12.8. The molecule has 0 bridgehead atoms. The maximum atomic E-state index is 12.8. The number of carbonyl (C=O) groups is 2. The van der Waals surface area contributed by atoms with Crippen LogP contribution in [-0.2, 0) is 11.3 Å². The molecule has 3 rings (SSSR count). The van der Waals surface area contributed by atoms with Crippen molar-refractivity contribution in [1.82, 2.24) is 10.2 Å². The highest BCUT2D eigenvalue weighted by Gasteiger charge is 2.36. The van der Waals surface area contributed by atoms with E-state index in [2.05, 4.69) is 5.32 Å². The first kappa shape index (κ1) is 16.0. The van der Waals surface area contributed by atoms with Crippen molar-refractivity contribution < 1.29 is 14.7 Å². The first-order valence-corrected chi connectivity index (χ1v) is 8.47. The van der Waals surface area contributed by atoms with Gasteiger partial charge in [0, 0.05) is 19.0 Å². The molecule has 2 aliphatic heterocycles. The zero-order valence-electron chi connectivity index (χ0n) is 13.3. The van der Waals surface area contributed by atoms with Crippen LogP contribution >= 0.6 is 0 Å². The Morgan fingerprint density at radius 2 is 2.00 bits per heavy atom. The van der Waals surface area contributed by atoms with Gasteiger partial charge in [0.1, 0.15) is 0 Å². The summed E-state index contributed by atoms with van der Waals surface area (Å²) in [5.74, 6) is -0.0361. The Labute approximate surface area is 136 Å². The Kier molecular flexibility index (Phi) is 4.96. The number of carboxylic acid groups (broad SMARTS) is 1. The highest BCUT2D eigenvalue weighted by molar-refractivity contribution is 5.87. The molecule has 2 atom stereocenters. The summed E-state index contributed by atoms with van der Waals surface area (Å²) < 4.78 is 0. The molecule has 23 heavy (non-hydrogen) atoms. The maximum Gasteiger partial charge on any atom is 0.335 e. The molecule has 2 aliphatic rings. The topological polar surface area (TPSA) is 69.6 Å². The van der Waals surface area contributed by atoms with Gasteiger partial charge in [0.15, 0.2) is 0 Å². The van der Waals surface area contributed by atoms with Crippen LogP contribution in [0.4, 0.5) is 0 Å². The second kappa shape index (κ2) is 7.13. The van der Waals surface area contributed by atoms with E-state index in [1.165, 1.54) is 0 Å². The number of amides is 1. The standard InChI is InChI=1S/C18H24N2O3/c21-17-16-3-1-2-9-19-11-15(16)8-10-20(17)12-13-4-6-14(7-5-13)18(22)23/h4-7,15-16,19H,1-3,8-12H2,(H,22,23). The van der Waals surface area contributed by atoms with E-state index in [-0.39, 0.29) is 17.4 Å². The molecule has 0 spiro atoms. The molecule has 5 heteroatoms. The fourth-order valence-corrected chi connectivity index (χ4v) is 3.70. The van der Waals surface area contributed by atoms with Crippen LogP contribution in [0.2, 0.25) is 0 Å². The van der Waals surface area contributed by atoms with Crippen LogP contribution in [0.25, 0.3) is 0 Å². The van der Waals surface area contributed by atoms with Gasteiger partial charge in [-0.3, -0.25) is 4.79 Å². The molecule has 2 N–H and O–H groups in total. The number of carboxylic acids is 1. The number of rotatable bonds is 3. The summed E-state index contributed by atoms with van der Waals surface area (Å²) >= 11 is 0. The molecule has 0 aromatic heterocycles. The second-order valence-corrected chi connectivity index (χ2v) is 6.62. The van der Waals surface area contributed by atoms with E-state index in [9.17, 15) is 9.59 Å². The van der Waals surface area contributed by atoms with Crippen molar-refractivity contribution in [2.45, 2.75) is 32.2 Å². The van der Waals surface area contributed by atoms with Crippen molar-refractivity contribution in [1.29, 1.82) is 0 Å². The van der Waals surface area contributed by atoms with Gasteiger partial charge in [-0.2, -0.15) is 0 Å². The molecular formula is C18H24N2O3. The monoisotopic (exact) mass is 316 g/mol. The van der Waals surface area contributed by atoms with E-state index < -0.39 is 5.97 Å². The lowest BCUT2D eigenvalue weighted by atomic mass is 9.80. The Bertz CT molecular complexity index is 570. The van der Waals surface area contributed by atoms with Crippen molar-refractivity contribution >= 4 is 11.9 Å². The number of fused-ring (bicyclic) bond motifs is 1. The predicted octanol–water partition coefficient (Wildman–Crippen LogP) is 2.12. The van der Waals surface area contributed by atoms with Crippen LogP contribution in [-0.4, -0.2) is 41.5 Å². The molecule has 1 amide bonds. The van der Waals surface area contributed by atoms with E-state index in [0.717, 1.165) is 50.9 Å². The van der Waals surface area contributed by atoms with Crippen molar-refractivity contribution in [2.75, 3.05) is 19.6 Å². The van der Waals surface area contributed by atoms with E-state index in [1.54, 1.807) is 12.1 Å². The molecular weight excluding hydrogens is 292 g/mol. The molecule has 5 nitrogen and oxygen atoms in total. The Morgan fingerprint density at radius 3 is 2.74 bits per heavy atom. The summed E-state index contributed by atoms with van der Waals surface area (Å²) in [6.07, 6.45) is 4.31. The van der Waals surface area contributed by atoms with Crippen LogP contribution in [0.1, 0.15) is 41.6 Å². The lowest BCUT2D eigenvalue weighted by molar-refractivity contribution is -0.142. The number of hydrogen-bond acceptors (Lipinski definition) is 3. The lowest BCUT2D eigenvalue weighted by Crippen LogP contribution is -2.48. The Morgan fingerprint density at radius 1 is 1.22 bits per heavy atom. The van der Waals surface area contributed by atoms with Crippen LogP contribution < -0.4 is 5.32 Å². The number of piperidine rings is 1. The number of hydrogen-bond donors (Lipinski definition) is 2. The summed E-state index contributed by atoms with van der Waals surface area (Å²) in [4.78, 5) is 25.7. The third kappa shape index (κ3) is 3.72. The molecule has 2 unspecified atom stereocenters. The van der Waals surface area contributed by atoms with Gasteiger partial charge in [0.05, 0.1) is 5.56 Å². The van der Waals surface area contributed by atoms with Crippen LogP contribution in [0.3, 0.4) is 0 Å². The highest BCUT2D eigenvalue weighted by Crippen LogP contribution is 2.30. The smallest absolute Gasteiger partial charge is 0.335 e. The number of benzene rings is 1. The second-order valence-electron chi connectivity index (χ2n) is 6.62. The van der Waals surface area contributed by atoms with Gasteiger partial charge in [0.2, 0.25) is 5.91 Å². The normalized spacial score (nSPS) is 25.4. The minimum Gasteiger partial charge on any atom is -0.478 e. The third-order valence-corrected chi connectivity index (χ3v) is 5.07. The highest BCUT2D eigenvalue weighted by atomic mass is 16.4. The molecule has 1 aromatic rings. The number of aromatic carboxylic acids is 1. The first-order chi connectivity index (χ1) is 11.1. The first-order valence-electron chi connectivity index (χ1n) is 8.47. The average molecular weight is 316 g/mol. The third-order valence-electron chi connectivity index (χ3n) is 5.07. The van der Waals surface area contributed by atoms with E-state index in [0.29, 0.717) is 12.5 Å². The van der Waals surface area contributed by atoms with E-state index in [4.69, 9.17) is 5.11 Å². The molecule has 1 aromatic carbocycles. The summed E-state index contributed by atoms with van der Waals surface area (Å²) in [5, 5.41) is 12.4. The van der Waals surface area contributed by atoms with Gasteiger partial charge in [-0.1, -0.05) is 18.6 Å². The van der Waals surface area contributed by atoms with E-state index in [1.807, 2.05) is 17.0 Å². The van der Waals surface area contributed by atoms with Gasteiger partial charge >= 0.3 is 5.97 Å². The van der Waals surface area contributed by atoms with Crippen molar-refractivity contribution in [3.05, 3.63) is 35.4 Å². The fraction of sp³-hybridized carbons (Fsp3) is 0.556. The number of nitrogens with zero attached hydrogens (tertiary/aromatic N) is 1. The molecule has 2 saturated heterocycles. The van der Waals surface area contributed by atoms with Gasteiger partial charge in [-0.15, -0.1) is 0 Å². The predicted molar refractivity (Wildman–Crippen MR) is 87.1 cm³/mol. The quantitative estimate of drug-likeness (QED) is 0.896. The number of carbonyl (C=O) groups excluding carboxylic acids is 1. The molecule has 2 heterocycles. The number of likely N-dealkylation sites (tertiary alicyclic amines) is 1. The summed E-state index contributed by atoms with van der Waals surface area (Å²) in [6, 6.07) is 6.83. The largest absolute Gasteiger partial charge is 0.478 e. The number of nitrogens with one attached hydrogen (secondary N) is 1. The van der Waals surface area contributed by atoms with Gasteiger partial charge in [0.25, 0.3) is 0 Å². The minimum atomic E-state index is -0.921. The summed E-state index contributed by atoms with van der Waals surface area (Å²) in [5.41, 5.74) is 1.27. The SMILES string of the molecule is O=C(O)c1ccc(CN2CCC3CNCCCCC3C2=O)cc1. The zero-order chi connectivity index (χ0) is 16.2. The van der Waals surface area contributed by atoms with Crippen molar-refractivity contribution in [2.24, 2.45) is 11.8 Å². The minimum absolute atomic E-state index is 0.148.